The lowest BCUT2D eigenvalue weighted by molar-refractivity contribution is 0.331. The normalized spacial score (nSPS) is 21.3. The molecular weight excluding hydrogens is 916 g/mol. The second kappa shape index (κ2) is 15.4. The predicted molar refractivity (Wildman–Crippen MR) is 325 cm³/mol. The first-order chi connectivity index (χ1) is 35.8. The molecule has 2 aliphatic heterocycles. The van der Waals surface area contributed by atoms with Crippen molar-refractivity contribution < 1.29 is 0 Å². The van der Waals surface area contributed by atoms with Crippen LogP contribution >= 0.6 is 0 Å². The first kappa shape index (κ1) is 48.3. The van der Waals surface area contributed by atoms with Crippen LogP contribution in [0.5, 0.6) is 0 Å². The molecule has 14 rings (SSSR count). The quantitative estimate of drug-likeness (QED) is 0.163. The van der Waals surface area contributed by atoms with Crippen molar-refractivity contribution in [2.24, 2.45) is 0 Å². The number of rotatable bonds is 3. The molecule has 0 radical (unpaired) electrons. The number of allylic oxidation sites excluding steroid dienone is 1. The van der Waals surface area contributed by atoms with E-state index in [0.717, 1.165) is 12.8 Å². The van der Waals surface area contributed by atoms with Crippen molar-refractivity contribution >= 4 is 51.8 Å². The summed E-state index contributed by atoms with van der Waals surface area (Å²) in [6.45, 7) is 37.4. The van der Waals surface area contributed by atoms with E-state index in [9.17, 15) is 0 Å². The molecule has 0 N–H and O–H groups in total. The maximum Gasteiger partial charge on any atom is 0.247 e. The fourth-order valence-corrected chi connectivity index (χ4v) is 16.3. The highest BCUT2D eigenvalue weighted by atomic mass is 15.2. The van der Waals surface area contributed by atoms with Gasteiger partial charge >= 0.3 is 0 Å². The van der Waals surface area contributed by atoms with E-state index in [-0.39, 0.29) is 44.6 Å². The first-order valence-corrected chi connectivity index (χ1v) is 29.1. The molecule has 0 unspecified atom stereocenters. The van der Waals surface area contributed by atoms with Crippen molar-refractivity contribution in [3.05, 3.63) is 188 Å². The van der Waals surface area contributed by atoms with Crippen LogP contribution in [0, 0.1) is 6.92 Å². The van der Waals surface area contributed by atoms with Crippen LogP contribution in [0.15, 0.2) is 127 Å². The van der Waals surface area contributed by atoms with E-state index in [0.29, 0.717) is 0 Å². The summed E-state index contributed by atoms with van der Waals surface area (Å²) < 4.78 is 0. The Labute approximate surface area is 456 Å². The third-order valence-corrected chi connectivity index (χ3v) is 21.3. The van der Waals surface area contributed by atoms with Gasteiger partial charge in [-0.05, 0) is 205 Å². The monoisotopic (exact) mass is 995 g/mol. The molecule has 0 spiro atoms. The highest BCUT2D eigenvalue weighted by Crippen LogP contribution is 2.60. The lowest BCUT2D eigenvalue weighted by Crippen LogP contribution is -2.56. The van der Waals surface area contributed by atoms with Crippen LogP contribution in [-0.2, 0) is 44.3 Å². The largest absolute Gasteiger partial charge is 0.311 e. The molecule has 0 amide bonds. The Kier molecular flexibility index (Phi) is 9.77. The van der Waals surface area contributed by atoms with Crippen molar-refractivity contribution in [3.8, 4) is 22.3 Å². The molecule has 0 saturated carbocycles. The van der Waals surface area contributed by atoms with Gasteiger partial charge in [0.25, 0.3) is 0 Å². The lowest BCUT2D eigenvalue weighted by Gasteiger charge is -2.48. The van der Waals surface area contributed by atoms with Gasteiger partial charge in [0.05, 0.1) is 11.4 Å². The van der Waals surface area contributed by atoms with Crippen molar-refractivity contribution in [1.82, 2.24) is 0 Å². The van der Waals surface area contributed by atoms with Crippen molar-refractivity contribution in [1.29, 1.82) is 0 Å². The molecule has 7 aliphatic rings. The summed E-state index contributed by atoms with van der Waals surface area (Å²) in [5.74, 6) is 0. The summed E-state index contributed by atoms with van der Waals surface area (Å²) in [5.41, 5.74) is 34.2. The van der Waals surface area contributed by atoms with Gasteiger partial charge in [0, 0.05) is 44.9 Å². The van der Waals surface area contributed by atoms with Crippen LogP contribution in [0.4, 0.5) is 28.4 Å². The highest BCUT2D eigenvalue weighted by molar-refractivity contribution is 6.96. The lowest BCUT2D eigenvalue weighted by atomic mass is 9.32. The predicted octanol–water partition coefficient (Wildman–Crippen LogP) is 18.1. The topological polar surface area (TPSA) is 6.48 Å². The Morgan fingerprint density at radius 3 is 1.47 bits per heavy atom. The van der Waals surface area contributed by atoms with Gasteiger partial charge in [-0.15, -0.1) is 0 Å². The van der Waals surface area contributed by atoms with E-state index in [4.69, 9.17) is 0 Å². The van der Waals surface area contributed by atoms with E-state index in [1.165, 1.54) is 155 Å². The molecule has 0 aromatic heterocycles. The summed E-state index contributed by atoms with van der Waals surface area (Å²) in [7, 11) is 0. The Morgan fingerprint density at radius 1 is 0.382 bits per heavy atom. The van der Waals surface area contributed by atoms with Gasteiger partial charge in [0.15, 0.2) is 0 Å². The molecule has 2 heterocycles. The van der Waals surface area contributed by atoms with Gasteiger partial charge in [-0.2, -0.15) is 0 Å². The van der Waals surface area contributed by atoms with E-state index in [1.54, 1.807) is 11.0 Å². The van der Waals surface area contributed by atoms with Gasteiger partial charge in [0.2, 0.25) is 6.71 Å². The zero-order valence-electron chi connectivity index (χ0n) is 48.5. The maximum absolute atomic E-state index is 2.82. The van der Waals surface area contributed by atoms with Crippen LogP contribution < -0.4 is 20.7 Å². The number of hydrogen-bond acceptors (Lipinski definition) is 2. The Hall–Kier alpha value is -6.06. The molecule has 0 atom stereocenters. The van der Waals surface area contributed by atoms with Crippen LogP contribution in [0.3, 0.4) is 0 Å². The Morgan fingerprint density at radius 2 is 0.868 bits per heavy atom. The molecule has 7 aromatic carbocycles. The fraction of sp³-hybridized carbons (Fsp3) is 0.397. The number of hydrogen-bond donors (Lipinski definition) is 0. The summed E-state index contributed by atoms with van der Waals surface area (Å²) in [6.07, 6.45) is 8.02. The van der Waals surface area contributed by atoms with E-state index in [1.807, 2.05) is 0 Å². The van der Waals surface area contributed by atoms with Gasteiger partial charge in [0.1, 0.15) is 0 Å². The second-order valence-electron chi connectivity index (χ2n) is 29.3. The third kappa shape index (κ3) is 6.53. The zero-order valence-corrected chi connectivity index (χ0v) is 48.5. The van der Waals surface area contributed by atoms with E-state index >= 15 is 0 Å². The van der Waals surface area contributed by atoms with Gasteiger partial charge in [-0.1, -0.05) is 181 Å². The number of anilines is 5. The minimum atomic E-state index is -0.135. The first-order valence-electron chi connectivity index (χ1n) is 29.1. The minimum Gasteiger partial charge on any atom is -0.311 e. The Bertz CT molecular complexity index is 3740. The van der Waals surface area contributed by atoms with Crippen LogP contribution in [-0.4, -0.2) is 6.71 Å². The number of benzene rings is 7. The zero-order chi connectivity index (χ0) is 53.2. The summed E-state index contributed by atoms with van der Waals surface area (Å²) in [6, 6.07) is 49.3. The van der Waals surface area contributed by atoms with E-state index < -0.39 is 0 Å². The van der Waals surface area contributed by atoms with Gasteiger partial charge in [-0.25, -0.2) is 0 Å². The van der Waals surface area contributed by atoms with Crippen molar-refractivity contribution in [2.75, 3.05) is 9.80 Å². The Balaban J connectivity index is 1.14. The molecule has 0 saturated heterocycles. The molecule has 384 valence electrons. The van der Waals surface area contributed by atoms with Crippen molar-refractivity contribution in [2.45, 2.75) is 187 Å². The standard InChI is InChI=1S/C73H79BN2/c1-43-34-62-65-63(35-43)76(59-27-21-26-50-64(59)46-24-19-20-25-49(46)73(50,14)15)66-48-39-53-51(67(2,3)28-29-69(53,6)7)36-45(48)37-58(66)74(65)57-40-54-56(72(12,13)33-31-70(54,8)9)42-61(57)75(62)60-41-55-52(68(4,5)30-32-71(55,10)11)38-47(60)44-22-17-16-18-23-44/h16-27,34-36,38-42H,28-33,37H2,1-15H3. The molecule has 7 aromatic rings. The summed E-state index contributed by atoms with van der Waals surface area (Å²) in [4.78, 5) is 5.62. The number of aryl methyl sites for hydroxylation is 1. The second-order valence-corrected chi connectivity index (χ2v) is 29.3. The minimum absolute atomic E-state index is 0.0239. The number of fused-ring (bicyclic) bond motifs is 11. The van der Waals surface area contributed by atoms with Gasteiger partial charge < -0.3 is 9.80 Å². The average Bonchev–Trinajstić information content (AvgIpc) is 4.00. The maximum atomic E-state index is 2.82. The fourth-order valence-electron chi connectivity index (χ4n) is 16.3. The molecule has 2 nitrogen and oxygen atoms in total. The smallest absolute Gasteiger partial charge is 0.247 e. The van der Waals surface area contributed by atoms with Crippen LogP contribution in [0.2, 0.25) is 0 Å². The SMILES string of the molecule is Cc1cc2c3c(c1)N(c1cc4c(cc1-c1ccccc1)C(C)(C)CCC4(C)C)c1cc4c(cc1B3C1=C(c3cc5c(cc3C1)C(C)(C)CCC5(C)C)N2c1cccc2c1-c1ccccc1C2(C)C)C(C)(C)CCC4(C)C. The van der Waals surface area contributed by atoms with Crippen LogP contribution in [0.25, 0.3) is 28.0 Å². The molecule has 0 bridgehead atoms. The summed E-state index contributed by atoms with van der Waals surface area (Å²) >= 11 is 0. The van der Waals surface area contributed by atoms with Crippen LogP contribution in [0.1, 0.15) is 197 Å². The van der Waals surface area contributed by atoms with Crippen molar-refractivity contribution in [3.63, 3.8) is 0 Å². The average molecular weight is 995 g/mol. The highest BCUT2D eigenvalue weighted by Gasteiger charge is 2.52. The molecular formula is C73H79BN2. The molecule has 3 heteroatoms. The van der Waals surface area contributed by atoms with Gasteiger partial charge in [-0.3, -0.25) is 0 Å². The number of nitrogens with zero attached hydrogens (tertiary/aromatic N) is 2. The molecule has 0 fully saturated rings. The molecule has 76 heavy (non-hydrogen) atoms. The third-order valence-electron chi connectivity index (χ3n) is 21.3. The van der Waals surface area contributed by atoms with E-state index in [2.05, 4.69) is 235 Å². The molecule has 5 aliphatic carbocycles. The summed E-state index contributed by atoms with van der Waals surface area (Å²) in [5, 5.41) is 0.